The van der Waals surface area contributed by atoms with E-state index in [1.807, 2.05) is 0 Å². The first-order valence-electron chi connectivity index (χ1n) is 5.79. The molecule has 1 unspecified atom stereocenters. The molecule has 0 amide bonds. The Balaban J connectivity index is 1.97. The largest absolute Gasteiger partial charge is 0.295 e. The Morgan fingerprint density at radius 2 is 2.00 bits per heavy atom. The highest BCUT2D eigenvalue weighted by Crippen LogP contribution is 2.20. The zero-order valence-electron chi connectivity index (χ0n) is 9.10. The number of piperidine rings is 1. The van der Waals surface area contributed by atoms with Gasteiger partial charge in [-0.05, 0) is 24.9 Å². The molecule has 0 spiro atoms. The van der Waals surface area contributed by atoms with Crippen molar-refractivity contribution in [2.24, 2.45) is 0 Å². The molecule has 0 aromatic heterocycles. The molecule has 0 N–H and O–H groups in total. The number of hydrogen-bond acceptors (Lipinski definition) is 2. The minimum Gasteiger partial charge on any atom is -0.295 e. The lowest BCUT2D eigenvalue weighted by atomic mass is 10.0. The maximum absolute atomic E-state index is 4.45. The summed E-state index contributed by atoms with van der Waals surface area (Å²) in [5, 5.41) is 0. The van der Waals surface area contributed by atoms with Crippen LogP contribution in [0.2, 0.25) is 0 Å². The predicted octanol–water partition coefficient (Wildman–Crippen LogP) is 2.97. The molecule has 1 atom stereocenters. The summed E-state index contributed by atoms with van der Waals surface area (Å²) in [7, 11) is 0. The summed E-state index contributed by atoms with van der Waals surface area (Å²) in [6, 6.07) is 11.4. The van der Waals surface area contributed by atoms with Gasteiger partial charge in [0.2, 0.25) is 0 Å². The van der Waals surface area contributed by atoms with Crippen LogP contribution in [0.3, 0.4) is 0 Å². The molecule has 0 radical (unpaired) electrons. The van der Waals surface area contributed by atoms with Crippen molar-refractivity contribution in [2.75, 3.05) is 12.3 Å². The van der Waals surface area contributed by atoms with Crippen molar-refractivity contribution in [3.8, 4) is 0 Å². The first-order valence-corrected chi connectivity index (χ1v) is 6.42. The molecule has 1 saturated heterocycles. The zero-order valence-corrected chi connectivity index (χ0v) is 10.00. The van der Waals surface area contributed by atoms with Crippen molar-refractivity contribution in [3.63, 3.8) is 0 Å². The van der Waals surface area contributed by atoms with Crippen LogP contribution in [0.15, 0.2) is 30.3 Å². The van der Waals surface area contributed by atoms with E-state index in [9.17, 15) is 0 Å². The lowest BCUT2D eigenvalue weighted by Crippen LogP contribution is -2.40. The van der Waals surface area contributed by atoms with E-state index in [0.29, 0.717) is 6.04 Å². The van der Waals surface area contributed by atoms with Gasteiger partial charge in [0.05, 0.1) is 0 Å². The average Bonchev–Trinajstić information content (AvgIpc) is 2.31. The highest BCUT2D eigenvalue weighted by Gasteiger charge is 2.20. The van der Waals surface area contributed by atoms with Crippen LogP contribution in [0, 0.1) is 0 Å². The number of thiol groups is 1. The van der Waals surface area contributed by atoms with Gasteiger partial charge in [-0.1, -0.05) is 36.8 Å². The highest BCUT2D eigenvalue weighted by molar-refractivity contribution is 7.80. The molecule has 2 heteroatoms. The maximum atomic E-state index is 4.45. The van der Waals surface area contributed by atoms with Crippen LogP contribution in [0.25, 0.3) is 0 Å². The Hall–Kier alpha value is -0.470. The van der Waals surface area contributed by atoms with Crippen molar-refractivity contribution in [1.29, 1.82) is 0 Å². The van der Waals surface area contributed by atoms with Gasteiger partial charge in [0.1, 0.15) is 0 Å². The molecule has 2 rings (SSSR count). The van der Waals surface area contributed by atoms with Gasteiger partial charge in [0.15, 0.2) is 0 Å². The molecule has 1 aliphatic rings. The molecular weight excluding hydrogens is 202 g/mol. The molecule has 0 saturated carbocycles. The SMILES string of the molecule is SCC1CCCCN1Cc1ccccc1. The summed E-state index contributed by atoms with van der Waals surface area (Å²) in [5.74, 6) is 0.993. The number of rotatable bonds is 3. The van der Waals surface area contributed by atoms with E-state index in [1.165, 1.54) is 31.4 Å². The Morgan fingerprint density at radius 1 is 1.20 bits per heavy atom. The third kappa shape index (κ3) is 2.99. The first kappa shape index (κ1) is 11.0. The first-order chi connectivity index (χ1) is 7.40. The standard InChI is InChI=1S/C13H19NS/c15-11-13-8-4-5-9-14(13)10-12-6-2-1-3-7-12/h1-3,6-7,13,15H,4-5,8-11H2. The molecule has 1 nitrogen and oxygen atoms in total. The second kappa shape index (κ2) is 5.57. The lowest BCUT2D eigenvalue weighted by molar-refractivity contribution is 0.156. The van der Waals surface area contributed by atoms with E-state index in [1.54, 1.807) is 0 Å². The fourth-order valence-electron chi connectivity index (χ4n) is 2.29. The molecular formula is C13H19NS. The normalized spacial score (nSPS) is 22.9. The van der Waals surface area contributed by atoms with Crippen molar-refractivity contribution >= 4 is 12.6 Å². The summed E-state index contributed by atoms with van der Waals surface area (Å²) >= 11 is 4.45. The number of likely N-dealkylation sites (tertiary alicyclic amines) is 1. The quantitative estimate of drug-likeness (QED) is 0.768. The minimum atomic E-state index is 0.683. The molecule has 1 aliphatic heterocycles. The van der Waals surface area contributed by atoms with E-state index >= 15 is 0 Å². The van der Waals surface area contributed by atoms with E-state index in [0.717, 1.165) is 12.3 Å². The molecule has 0 bridgehead atoms. The van der Waals surface area contributed by atoms with Crippen LogP contribution in [0.5, 0.6) is 0 Å². The summed E-state index contributed by atoms with van der Waals surface area (Å²) in [6.45, 7) is 2.33. The van der Waals surface area contributed by atoms with Crippen LogP contribution < -0.4 is 0 Å². The highest BCUT2D eigenvalue weighted by atomic mass is 32.1. The van der Waals surface area contributed by atoms with Crippen molar-refractivity contribution < 1.29 is 0 Å². The average molecular weight is 221 g/mol. The molecule has 15 heavy (non-hydrogen) atoms. The third-order valence-electron chi connectivity index (χ3n) is 3.19. The fourth-order valence-corrected chi connectivity index (χ4v) is 2.71. The van der Waals surface area contributed by atoms with Crippen molar-refractivity contribution in [3.05, 3.63) is 35.9 Å². The molecule has 1 heterocycles. The Labute approximate surface area is 97.9 Å². The van der Waals surface area contributed by atoms with Gasteiger partial charge >= 0.3 is 0 Å². The monoisotopic (exact) mass is 221 g/mol. The molecule has 1 aromatic carbocycles. The van der Waals surface area contributed by atoms with E-state index in [-0.39, 0.29) is 0 Å². The van der Waals surface area contributed by atoms with Crippen LogP contribution in [0.4, 0.5) is 0 Å². The third-order valence-corrected chi connectivity index (χ3v) is 3.61. The predicted molar refractivity (Wildman–Crippen MR) is 68.3 cm³/mol. The topological polar surface area (TPSA) is 3.24 Å². The smallest absolute Gasteiger partial charge is 0.0237 e. The second-order valence-corrected chi connectivity index (χ2v) is 4.65. The van der Waals surface area contributed by atoms with Gasteiger partial charge in [0.25, 0.3) is 0 Å². The van der Waals surface area contributed by atoms with Crippen LogP contribution in [-0.4, -0.2) is 23.2 Å². The van der Waals surface area contributed by atoms with Crippen LogP contribution in [-0.2, 0) is 6.54 Å². The summed E-state index contributed by atoms with van der Waals surface area (Å²) < 4.78 is 0. The molecule has 0 aliphatic carbocycles. The van der Waals surface area contributed by atoms with E-state index in [4.69, 9.17) is 0 Å². The fraction of sp³-hybridized carbons (Fsp3) is 0.538. The van der Waals surface area contributed by atoms with Crippen LogP contribution in [0.1, 0.15) is 24.8 Å². The second-order valence-electron chi connectivity index (χ2n) is 4.29. The Kier molecular flexibility index (Phi) is 4.09. The zero-order chi connectivity index (χ0) is 10.5. The van der Waals surface area contributed by atoms with E-state index < -0.39 is 0 Å². The summed E-state index contributed by atoms with van der Waals surface area (Å²) in [6.07, 6.45) is 4.03. The van der Waals surface area contributed by atoms with Crippen LogP contribution >= 0.6 is 12.6 Å². The van der Waals surface area contributed by atoms with E-state index in [2.05, 4.69) is 47.9 Å². The lowest BCUT2D eigenvalue weighted by Gasteiger charge is -2.34. The summed E-state index contributed by atoms with van der Waals surface area (Å²) in [4.78, 5) is 2.58. The van der Waals surface area contributed by atoms with Crippen molar-refractivity contribution in [2.45, 2.75) is 31.8 Å². The number of benzene rings is 1. The molecule has 1 fully saturated rings. The minimum absolute atomic E-state index is 0.683. The van der Waals surface area contributed by atoms with Gasteiger partial charge < -0.3 is 0 Å². The Morgan fingerprint density at radius 3 is 2.73 bits per heavy atom. The van der Waals surface area contributed by atoms with Gasteiger partial charge in [0, 0.05) is 18.3 Å². The van der Waals surface area contributed by atoms with Gasteiger partial charge in [-0.2, -0.15) is 12.6 Å². The Bertz CT molecular complexity index is 286. The van der Waals surface area contributed by atoms with Gasteiger partial charge in [-0.15, -0.1) is 0 Å². The van der Waals surface area contributed by atoms with Crippen molar-refractivity contribution in [1.82, 2.24) is 4.90 Å². The van der Waals surface area contributed by atoms with Gasteiger partial charge in [-0.25, -0.2) is 0 Å². The van der Waals surface area contributed by atoms with Gasteiger partial charge in [-0.3, -0.25) is 4.90 Å². The molecule has 1 aromatic rings. The maximum Gasteiger partial charge on any atom is 0.0237 e. The molecule has 82 valence electrons. The number of nitrogens with zero attached hydrogens (tertiary/aromatic N) is 1. The number of hydrogen-bond donors (Lipinski definition) is 1. The summed E-state index contributed by atoms with van der Waals surface area (Å²) in [5.41, 5.74) is 1.42.